The molecule has 1 amide bonds. The quantitative estimate of drug-likeness (QED) is 0.573. The van der Waals surface area contributed by atoms with Crippen LogP contribution in [0.3, 0.4) is 0 Å². The number of nitrogens with one attached hydrogen (secondary N) is 1. The molecule has 0 aromatic heterocycles. The second-order valence-electron chi connectivity index (χ2n) is 9.40. The summed E-state index contributed by atoms with van der Waals surface area (Å²) in [7, 11) is -3.44. The molecule has 0 radical (unpaired) electrons. The van der Waals surface area contributed by atoms with E-state index in [2.05, 4.69) is 22.3 Å². The molecule has 4 rings (SSSR count). The van der Waals surface area contributed by atoms with Gasteiger partial charge in [0.2, 0.25) is 15.9 Å². The summed E-state index contributed by atoms with van der Waals surface area (Å²) in [4.78, 5) is 15.2. The van der Waals surface area contributed by atoms with Crippen molar-refractivity contribution in [2.24, 2.45) is 0 Å². The number of morpholine rings is 1. The van der Waals surface area contributed by atoms with Gasteiger partial charge in [-0.15, -0.1) is 0 Å². The van der Waals surface area contributed by atoms with Crippen molar-refractivity contribution < 1.29 is 17.9 Å². The number of aryl methyl sites for hydroxylation is 1. The van der Waals surface area contributed by atoms with Crippen LogP contribution in [0.5, 0.6) is 0 Å². The molecule has 0 atom stereocenters. The predicted molar refractivity (Wildman–Crippen MR) is 136 cm³/mol. The fourth-order valence-corrected chi connectivity index (χ4v) is 6.20. The molecule has 1 N–H and O–H groups in total. The zero-order valence-electron chi connectivity index (χ0n) is 20.5. The number of carbonyl (C=O) groups excluding carboxylic acids is 1. The predicted octanol–water partition coefficient (Wildman–Crippen LogP) is 3.33. The minimum atomic E-state index is -3.44. The van der Waals surface area contributed by atoms with Crippen molar-refractivity contribution in [3.63, 3.8) is 0 Å². The zero-order valence-corrected chi connectivity index (χ0v) is 21.3. The Morgan fingerprint density at radius 1 is 0.857 bits per heavy atom. The topological polar surface area (TPSA) is 79.0 Å². The average molecular weight is 500 g/mol. The summed E-state index contributed by atoms with van der Waals surface area (Å²) in [5, 5.41) is 3.05. The van der Waals surface area contributed by atoms with Gasteiger partial charge in [0.15, 0.2) is 0 Å². The molecule has 190 valence electrons. The molecular formula is C27H37N3O4S. The van der Waals surface area contributed by atoms with Gasteiger partial charge in [0, 0.05) is 45.7 Å². The van der Waals surface area contributed by atoms with E-state index in [1.165, 1.54) is 5.56 Å². The van der Waals surface area contributed by atoms with Crippen LogP contribution in [-0.4, -0.2) is 62.9 Å². The molecule has 0 spiro atoms. The van der Waals surface area contributed by atoms with E-state index in [4.69, 9.17) is 4.74 Å². The molecule has 0 aliphatic carbocycles. The molecule has 8 heteroatoms. The molecular weight excluding hydrogens is 462 g/mol. The monoisotopic (exact) mass is 499 g/mol. The van der Waals surface area contributed by atoms with Crippen LogP contribution in [0.15, 0.2) is 53.4 Å². The Morgan fingerprint density at radius 2 is 1.51 bits per heavy atom. The lowest BCUT2D eigenvalue weighted by molar-refractivity contribution is -0.121. The molecule has 2 aromatic carbocycles. The molecule has 35 heavy (non-hydrogen) atoms. The molecule has 0 unspecified atom stereocenters. The van der Waals surface area contributed by atoms with Crippen LogP contribution in [0, 0.1) is 0 Å². The van der Waals surface area contributed by atoms with Gasteiger partial charge in [-0.1, -0.05) is 49.2 Å². The van der Waals surface area contributed by atoms with Gasteiger partial charge in [0.25, 0.3) is 0 Å². The van der Waals surface area contributed by atoms with Crippen LogP contribution >= 0.6 is 0 Å². The van der Waals surface area contributed by atoms with E-state index in [0.717, 1.165) is 69.7 Å². The number of rotatable bonds is 9. The lowest BCUT2D eigenvalue weighted by atomic mass is 10.1. The Balaban J connectivity index is 1.26. The largest absolute Gasteiger partial charge is 0.379 e. The number of ether oxygens (including phenoxy) is 1. The van der Waals surface area contributed by atoms with Crippen molar-refractivity contribution in [3.05, 3.63) is 65.2 Å². The van der Waals surface area contributed by atoms with Crippen molar-refractivity contribution in [2.75, 3.05) is 39.4 Å². The molecule has 2 fully saturated rings. The Kier molecular flexibility index (Phi) is 9.31. The van der Waals surface area contributed by atoms with Crippen LogP contribution in [0.2, 0.25) is 0 Å². The lowest BCUT2D eigenvalue weighted by Crippen LogP contribution is -2.36. The summed E-state index contributed by atoms with van der Waals surface area (Å²) in [6.45, 7) is 5.96. The Bertz CT molecular complexity index is 1060. The second-order valence-corrected chi connectivity index (χ2v) is 11.3. The number of sulfonamides is 1. The summed E-state index contributed by atoms with van der Waals surface area (Å²) in [5.74, 6) is -0.00700. The molecule has 2 saturated heterocycles. The zero-order chi connectivity index (χ0) is 24.5. The highest BCUT2D eigenvalue weighted by molar-refractivity contribution is 7.89. The molecule has 2 aromatic rings. The van der Waals surface area contributed by atoms with Crippen LogP contribution < -0.4 is 5.32 Å². The Hall–Kier alpha value is -2.26. The first-order valence-corrected chi connectivity index (χ1v) is 14.2. The fraction of sp³-hybridized carbons (Fsp3) is 0.519. The van der Waals surface area contributed by atoms with Gasteiger partial charge in [0.1, 0.15) is 0 Å². The van der Waals surface area contributed by atoms with Crippen LogP contribution in [0.25, 0.3) is 0 Å². The normalized spacial score (nSPS) is 18.2. The van der Waals surface area contributed by atoms with Crippen molar-refractivity contribution in [1.82, 2.24) is 14.5 Å². The van der Waals surface area contributed by atoms with Crippen molar-refractivity contribution in [3.8, 4) is 0 Å². The number of carbonyl (C=O) groups is 1. The fourth-order valence-electron chi connectivity index (χ4n) is 4.68. The first-order valence-electron chi connectivity index (χ1n) is 12.7. The van der Waals surface area contributed by atoms with Gasteiger partial charge in [-0.2, -0.15) is 4.31 Å². The summed E-state index contributed by atoms with van der Waals surface area (Å²) in [5.41, 5.74) is 3.33. The maximum Gasteiger partial charge on any atom is 0.243 e. The van der Waals surface area contributed by atoms with Crippen LogP contribution in [0.4, 0.5) is 0 Å². The van der Waals surface area contributed by atoms with Crippen molar-refractivity contribution in [1.29, 1.82) is 0 Å². The number of nitrogens with zero attached hydrogens (tertiary/aromatic N) is 2. The highest BCUT2D eigenvalue weighted by atomic mass is 32.2. The van der Waals surface area contributed by atoms with E-state index in [1.54, 1.807) is 16.4 Å². The van der Waals surface area contributed by atoms with Gasteiger partial charge in [-0.3, -0.25) is 9.69 Å². The summed E-state index contributed by atoms with van der Waals surface area (Å²) < 4.78 is 32.9. The standard InChI is InChI=1S/C27H37N3O4S/c31-27(28-21-24-7-3-4-8-25(24)22-29-17-19-34-20-18-29)14-11-23-9-12-26(13-10-23)35(32,33)30-15-5-1-2-6-16-30/h3-4,7-10,12-13H,1-2,5-6,11,14-22H2,(H,28,31). The lowest BCUT2D eigenvalue weighted by Gasteiger charge is -2.27. The first kappa shape index (κ1) is 25.8. The van der Waals surface area contributed by atoms with E-state index in [-0.39, 0.29) is 5.91 Å². The SMILES string of the molecule is O=C(CCc1ccc(S(=O)(=O)N2CCCCCC2)cc1)NCc1ccccc1CN1CCOCC1. The van der Waals surface area contributed by atoms with E-state index in [0.29, 0.717) is 37.4 Å². The molecule has 7 nitrogen and oxygen atoms in total. The molecule has 2 aliphatic heterocycles. The third-order valence-corrected chi connectivity index (χ3v) is 8.77. The molecule has 2 heterocycles. The van der Waals surface area contributed by atoms with Crippen LogP contribution in [-0.2, 0) is 39.1 Å². The molecule has 2 aliphatic rings. The summed E-state index contributed by atoms with van der Waals surface area (Å²) in [6, 6.07) is 15.2. The molecule has 0 bridgehead atoms. The second kappa shape index (κ2) is 12.6. The van der Waals surface area contributed by atoms with Gasteiger partial charge in [-0.25, -0.2) is 8.42 Å². The Morgan fingerprint density at radius 3 is 2.20 bits per heavy atom. The van der Waals surface area contributed by atoms with E-state index in [1.807, 2.05) is 24.3 Å². The highest BCUT2D eigenvalue weighted by Crippen LogP contribution is 2.21. The maximum absolute atomic E-state index is 12.9. The highest BCUT2D eigenvalue weighted by Gasteiger charge is 2.25. The number of amides is 1. The molecule has 0 saturated carbocycles. The average Bonchev–Trinajstić information content (AvgIpc) is 3.18. The number of hydrogen-bond donors (Lipinski definition) is 1. The van der Waals surface area contributed by atoms with E-state index < -0.39 is 10.0 Å². The smallest absolute Gasteiger partial charge is 0.243 e. The first-order chi connectivity index (χ1) is 17.0. The van der Waals surface area contributed by atoms with Gasteiger partial charge in [0.05, 0.1) is 18.1 Å². The number of hydrogen-bond acceptors (Lipinski definition) is 5. The van der Waals surface area contributed by atoms with E-state index in [9.17, 15) is 13.2 Å². The van der Waals surface area contributed by atoms with Crippen molar-refractivity contribution >= 4 is 15.9 Å². The third-order valence-electron chi connectivity index (χ3n) is 6.86. The summed E-state index contributed by atoms with van der Waals surface area (Å²) >= 11 is 0. The Labute approximate surface area is 209 Å². The minimum absolute atomic E-state index is 0.00700. The van der Waals surface area contributed by atoms with Gasteiger partial charge >= 0.3 is 0 Å². The summed E-state index contributed by atoms with van der Waals surface area (Å²) in [6.07, 6.45) is 4.96. The third kappa shape index (κ3) is 7.36. The minimum Gasteiger partial charge on any atom is -0.379 e. The number of benzene rings is 2. The van der Waals surface area contributed by atoms with E-state index >= 15 is 0 Å². The van der Waals surface area contributed by atoms with Crippen LogP contribution in [0.1, 0.15) is 48.8 Å². The van der Waals surface area contributed by atoms with Gasteiger partial charge < -0.3 is 10.1 Å². The van der Waals surface area contributed by atoms with Gasteiger partial charge in [-0.05, 0) is 48.1 Å². The van der Waals surface area contributed by atoms with Crippen molar-refractivity contribution in [2.45, 2.75) is 56.5 Å². The maximum atomic E-state index is 12.9.